The lowest BCUT2D eigenvalue weighted by Gasteiger charge is -2.35. The summed E-state index contributed by atoms with van der Waals surface area (Å²) in [5, 5.41) is 16.8. The molecule has 2 aromatic carbocycles. The molecular weight excluding hydrogens is 615 g/mol. The van der Waals surface area contributed by atoms with Gasteiger partial charge in [0, 0.05) is 11.4 Å². The number of allylic oxidation sites excluding steroid dienone is 1. The summed E-state index contributed by atoms with van der Waals surface area (Å²) in [6, 6.07) is 11.5. The fraction of sp³-hybridized carbons (Fsp3) is 0.424. The van der Waals surface area contributed by atoms with E-state index in [4.69, 9.17) is 4.74 Å². The van der Waals surface area contributed by atoms with Crippen LogP contribution in [0, 0.1) is 11.3 Å². The molecule has 1 atom stereocenters. The fourth-order valence-electron chi connectivity index (χ4n) is 5.51. The number of hydrogen-bond donors (Lipinski definition) is 1. The number of rotatable bonds is 13. The Bertz CT molecular complexity index is 1750. The minimum Gasteiger partial charge on any atom is -0.466 e. The summed E-state index contributed by atoms with van der Waals surface area (Å²) in [7, 11) is 7.55. The first-order chi connectivity index (χ1) is 22.2. The van der Waals surface area contributed by atoms with Gasteiger partial charge in [0.05, 0.1) is 64.1 Å². The zero-order valence-corrected chi connectivity index (χ0v) is 27.1. The number of nitrogens with zero attached hydrogens (tertiary/aromatic N) is 6. The second kappa shape index (κ2) is 14.4. The van der Waals surface area contributed by atoms with Gasteiger partial charge < -0.3 is 14.5 Å². The van der Waals surface area contributed by atoms with Gasteiger partial charge in [-0.3, -0.25) is 9.69 Å². The molecule has 0 saturated heterocycles. The monoisotopic (exact) mass is 654 g/mol. The number of benzene rings is 2. The Morgan fingerprint density at radius 1 is 1.09 bits per heavy atom. The van der Waals surface area contributed by atoms with Crippen LogP contribution in [0.15, 0.2) is 64.6 Å². The molecule has 4 rings (SSSR count). The number of quaternary nitrogens is 1. The van der Waals surface area contributed by atoms with Crippen molar-refractivity contribution >= 4 is 23.4 Å². The summed E-state index contributed by atoms with van der Waals surface area (Å²) in [6.07, 6.45) is -1.73. The summed E-state index contributed by atoms with van der Waals surface area (Å²) in [6.45, 7) is 2.76. The zero-order valence-electron chi connectivity index (χ0n) is 27.1. The average molecular weight is 655 g/mol. The van der Waals surface area contributed by atoms with Gasteiger partial charge in [-0.05, 0) is 68.6 Å². The third kappa shape index (κ3) is 8.16. The van der Waals surface area contributed by atoms with Crippen molar-refractivity contribution in [2.45, 2.75) is 44.9 Å². The Kier molecular flexibility index (Phi) is 10.7. The third-order valence-corrected chi connectivity index (χ3v) is 7.83. The first-order valence-electron chi connectivity index (χ1n) is 15.1. The number of halogens is 3. The van der Waals surface area contributed by atoms with Crippen LogP contribution in [0.5, 0.6) is 0 Å². The normalized spacial score (nSPS) is 15.0. The number of hydrogen-bond acceptors (Lipinski definition) is 8. The number of Topliss-reactive ketones (excluding diaryl/α,β-unsaturated/α-hetero) is 1. The largest absolute Gasteiger partial charge is 0.466 e. The number of nitrogens with one attached hydrogen (secondary N) is 1. The number of ketones is 1. The van der Waals surface area contributed by atoms with E-state index in [0.717, 1.165) is 58.8 Å². The van der Waals surface area contributed by atoms with Gasteiger partial charge in [-0.15, -0.1) is 5.10 Å². The highest BCUT2D eigenvalue weighted by molar-refractivity contribution is 5.93. The van der Waals surface area contributed by atoms with Gasteiger partial charge in [-0.2, -0.15) is 18.4 Å². The molecule has 0 bridgehead atoms. The Hall–Kier alpha value is -4.74. The van der Waals surface area contributed by atoms with Gasteiger partial charge in [0.25, 0.3) is 0 Å². The number of carbonyl (C=O) groups is 2. The second-order valence-electron chi connectivity index (χ2n) is 12.4. The summed E-state index contributed by atoms with van der Waals surface area (Å²) in [5.74, 6) is -1.24. The van der Waals surface area contributed by atoms with Crippen LogP contribution in [-0.2, 0) is 27.0 Å². The summed E-state index contributed by atoms with van der Waals surface area (Å²) in [5.41, 5.74) is -0.791. The number of ether oxygens (including phenoxy) is 1. The molecule has 0 spiro atoms. The molecule has 2 heterocycles. The van der Waals surface area contributed by atoms with Crippen molar-refractivity contribution in [3.8, 4) is 6.07 Å². The average Bonchev–Trinajstić information content (AvgIpc) is 3.33. The topological polar surface area (TPSA) is 122 Å². The van der Waals surface area contributed by atoms with Crippen molar-refractivity contribution in [2.75, 3.05) is 52.8 Å². The maximum atomic E-state index is 14.0. The number of fused-ring (bicyclic) bond motifs is 1. The van der Waals surface area contributed by atoms with Gasteiger partial charge in [-0.1, -0.05) is 18.2 Å². The van der Waals surface area contributed by atoms with E-state index >= 15 is 0 Å². The van der Waals surface area contributed by atoms with E-state index in [9.17, 15) is 32.8 Å². The Morgan fingerprint density at radius 2 is 1.79 bits per heavy atom. The molecule has 3 aromatic rings. The zero-order chi connectivity index (χ0) is 34.5. The molecule has 1 aromatic heterocycles. The van der Waals surface area contributed by atoms with Crippen molar-refractivity contribution < 1.29 is 32.0 Å². The van der Waals surface area contributed by atoms with Gasteiger partial charge in [-0.25, -0.2) is 18.8 Å². The number of carbonyl (C=O) groups excluding carboxylic acids is 2. The van der Waals surface area contributed by atoms with E-state index in [-0.39, 0.29) is 35.2 Å². The van der Waals surface area contributed by atoms with Crippen LogP contribution in [0.2, 0.25) is 0 Å². The lowest BCUT2D eigenvalue weighted by atomic mass is 9.93. The molecule has 0 radical (unpaired) electrons. The van der Waals surface area contributed by atoms with Crippen LogP contribution in [0.4, 0.5) is 24.8 Å². The number of esters is 1. The first kappa shape index (κ1) is 35.1. The van der Waals surface area contributed by atoms with Gasteiger partial charge in [0.15, 0.2) is 5.78 Å². The first-order valence-corrected chi connectivity index (χ1v) is 15.1. The molecule has 47 heavy (non-hydrogen) atoms. The Balaban J connectivity index is 1.73. The molecule has 1 aliphatic rings. The van der Waals surface area contributed by atoms with Crippen LogP contribution in [0.3, 0.4) is 0 Å². The number of aromatic nitrogens is 3. The molecule has 0 saturated carbocycles. The number of methoxy groups -OCH3 is 1. The molecule has 250 valence electrons. The van der Waals surface area contributed by atoms with Crippen LogP contribution < -0.4 is 15.9 Å². The highest BCUT2D eigenvalue weighted by Gasteiger charge is 2.41. The molecule has 11 nitrogen and oxygen atoms in total. The van der Waals surface area contributed by atoms with Gasteiger partial charge >= 0.3 is 17.8 Å². The fourth-order valence-corrected chi connectivity index (χ4v) is 5.51. The van der Waals surface area contributed by atoms with Crippen LogP contribution >= 0.6 is 0 Å². The number of anilines is 2. The minimum atomic E-state index is -4.66. The third-order valence-electron chi connectivity index (χ3n) is 7.83. The number of unbranched alkanes of at least 4 members (excludes halogenated alkanes) is 2. The maximum absolute atomic E-state index is 14.0. The summed E-state index contributed by atoms with van der Waals surface area (Å²) < 4.78 is 49.3. The van der Waals surface area contributed by atoms with Gasteiger partial charge in [0.2, 0.25) is 5.95 Å². The van der Waals surface area contributed by atoms with Crippen molar-refractivity contribution in [1.29, 1.82) is 5.26 Å². The van der Waals surface area contributed by atoms with Crippen LogP contribution in [-0.4, -0.2) is 78.5 Å². The number of alkyl halides is 3. The second-order valence-corrected chi connectivity index (χ2v) is 12.4. The van der Waals surface area contributed by atoms with E-state index < -0.39 is 36.0 Å². The van der Waals surface area contributed by atoms with E-state index in [1.54, 1.807) is 12.1 Å². The highest BCUT2D eigenvalue weighted by atomic mass is 19.4. The lowest BCUT2D eigenvalue weighted by molar-refractivity contribution is -0.870. The quantitative estimate of drug-likeness (QED) is 0.166. The van der Waals surface area contributed by atoms with Crippen molar-refractivity contribution in [1.82, 2.24) is 19.7 Å². The standard InChI is InChI=1S/C33H39F3N7O4/c1-22-28(30(45)47-5)29(24-14-12-23(19-37)13-15-24)42-31(41(22)26-11-9-10-25(18-26)33(34,35)36)39-40(32(42)46)21-27(44)20-38-16-7-6-8-17-43(2,3)4/h9-15,18,29,38H,6-8,16-17,20-21H2,1-5H3/q+1/t29-/m1/s1. The molecule has 14 heteroatoms. The lowest BCUT2D eigenvalue weighted by Crippen LogP contribution is -2.39. The molecular formula is C33H39F3N7O4+. The number of nitriles is 1. The molecule has 0 amide bonds. The minimum absolute atomic E-state index is 0.00587. The predicted molar refractivity (Wildman–Crippen MR) is 169 cm³/mol. The van der Waals surface area contributed by atoms with Crippen molar-refractivity contribution in [3.63, 3.8) is 0 Å². The molecule has 1 N–H and O–H groups in total. The summed E-state index contributed by atoms with van der Waals surface area (Å²) in [4.78, 5) is 41.6. The molecule has 0 aliphatic carbocycles. The van der Waals surface area contributed by atoms with Crippen molar-refractivity contribution in [2.24, 2.45) is 0 Å². The smallest absolute Gasteiger partial charge is 0.416 e. The Labute approximate surface area is 271 Å². The van der Waals surface area contributed by atoms with Crippen molar-refractivity contribution in [3.05, 3.63) is 87.0 Å². The van der Waals surface area contributed by atoms with E-state index in [1.807, 2.05) is 6.07 Å². The molecule has 0 unspecified atom stereocenters. The van der Waals surface area contributed by atoms with E-state index in [0.29, 0.717) is 17.7 Å². The SMILES string of the molecule is COC(=O)C1=C(C)N(c2cccc(C(F)(F)F)c2)c2nn(CC(=O)CNCCCCC[N+](C)(C)C)c(=O)n2[C@@H]1c1ccc(C#N)cc1. The summed E-state index contributed by atoms with van der Waals surface area (Å²) >= 11 is 0. The van der Waals surface area contributed by atoms with E-state index in [1.165, 1.54) is 36.1 Å². The predicted octanol–water partition coefficient (Wildman–Crippen LogP) is 4.16. The van der Waals surface area contributed by atoms with Gasteiger partial charge in [0.1, 0.15) is 12.6 Å². The maximum Gasteiger partial charge on any atom is 0.416 e. The highest BCUT2D eigenvalue weighted by Crippen LogP contribution is 2.43. The Morgan fingerprint density at radius 3 is 2.40 bits per heavy atom. The molecule has 0 fully saturated rings. The van der Waals surface area contributed by atoms with E-state index in [2.05, 4.69) is 31.6 Å². The van der Waals surface area contributed by atoms with Crippen LogP contribution in [0.1, 0.15) is 48.9 Å². The van der Waals surface area contributed by atoms with Crippen LogP contribution in [0.25, 0.3) is 0 Å². The molecule has 1 aliphatic heterocycles.